The lowest BCUT2D eigenvalue weighted by Gasteiger charge is -2.35. The highest BCUT2D eigenvalue weighted by Crippen LogP contribution is 2.28. The quantitative estimate of drug-likeness (QED) is 0.730. The van der Waals surface area contributed by atoms with E-state index < -0.39 is 41.6 Å². The number of likely N-dealkylation sites (tertiary alicyclic amines) is 1. The molecule has 1 saturated heterocycles. The van der Waals surface area contributed by atoms with Crippen LogP contribution in [0.4, 0.5) is 4.79 Å². The average Bonchev–Trinajstić information content (AvgIpc) is 2.95. The fourth-order valence-electron chi connectivity index (χ4n) is 3.25. The monoisotopic (exact) mass is 372 g/mol. The summed E-state index contributed by atoms with van der Waals surface area (Å²) in [5, 5.41) is 9.66. The van der Waals surface area contributed by atoms with E-state index in [-0.39, 0.29) is 12.5 Å². The molecule has 8 nitrogen and oxygen atoms in total. The molecule has 26 heavy (non-hydrogen) atoms. The van der Waals surface area contributed by atoms with Gasteiger partial charge in [0.25, 0.3) is 0 Å². The molecule has 0 aromatic heterocycles. The van der Waals surface area contributed by atoms with Crippen molar-refractivity contribution in [1.82, 2.24) is 9.80 Å². The maximum Gasteiger partial charge on any atom is 0.410 e. The molecular formula is C18H32N2O6. The van der Waals surface area contributed by atoms with Crippen LogP contribution in [-0.2, 0) is 19.1 Å². The van der Waals surface area contributed by atoms with Gasteiger partial charge < -0.3 is 19.5 Å². The number of methoxy groups -OCH3 is 1. The van der Waals surface area contributed by atoms with E-state index in [9.17, 15) is 19.5 Å². The third-order valence-corrected chi connectivity index (χ3v) is 4.48. The molecule has 1 heterocycles. The van der Waals surface area contributed by atoms with E-state index in [0.717, 1.165) is 0 Å². The number of amides is 2. The average molecular weight is 372 g/mol. The number of carbonyl (C=O) groups excluding carboxylic acids is 3. The number of likely N-dealkylation sites (N-methyl/N-ethyl adjacent to an activating group) is 1. The predicted molar refractivity (Wildman–Crippen MR) is 95.3 cm³/mol. The molecule has 1 aliphatic heterocycles. The molecule has 0 aromatic rings. The van der Waals surface area contributed by atoms with E-state index in [1.807, 2.05) is 13.8 Å². The molecule has 0 aromatic carbocycles. The van der Waals surface area contributed by atoms with Crippen LogP contribution >= 0.6 is 0 Å². The van der Waals surface area contributed by atoms with Crippen molar-refractivity contribution in [1.29, 1.82) is 0 Å². The van der Waals surface area contributed by atoms with Crippen LogP contribution in [0.3, 0.4) is 0 Å². The van der Waals surface area contributed by atoms with Crippen LogP contribution in [0.5, 0.6) is 0 Å². The largest absolute Gasteiger partial charge is 0.467 e. The molecule has 2 amide bonds. The van der Waals surface area contributed by atoms with Crippen LogP contribution in [0.15, 0.2) is 0 Å². The fraction of sp³-hybridized carbons (Fsp3) is 0.833. The van der Waals surface area contributed by atoms with Crippen molar-refractivity contribution < 1.29 is 29.0 Å². The number of carbonyl (C=O) groups is 3. The molecule has 0 radical (unpaired) electrons. The van der Waals surface area contributed by atoms with Crippen LogP contribution in [0, 0.1) is 11.8 Å². The lowest BCUT2D eigenvalue weighted by atomic mass is 9.97. The maximum atomic E-state index is 13.1. The van der Waals surface area contributed by atoms with Gasteiger partial charge in [0.05, 0.1) is 7.11 Å². The van der Waals surface area contributed by atoms with E-state index >= 15 is 0 Å². The normalized spacial score (nSPS) is 21.5. The van der Waals surface area contributed by atoms with E-state index in [4.69, 9.17) is 9.47 Å². The second-order valence-corrected chi connectivity index (χ2v) is 8.01. The number of nitrogens with zero attached hydrogens (tertiary/aromatic N) is 2. The summed E-state index contributed by atoms with van der Waals surface area (Å²) in [6, 6.07) is -1.64. The van der Waals surface area contributed by atoms with Crippen molar-refractivity contribution in [3.8, 4) is 0 Å². The van der Waals surface area contributed by atoms with Gasteiger partial charge in [0.2, 0.25) is 5.91 Å². The molecule has 1 N–H and O–H groups in total. The highest BCUT2D eigenvalue weighted by molar-refractivity contribution is 5.90. The summed E-state index contributed by atoms with van der Waals surface area (Å²) in [5.41, 5.74) is -0.694. The summed E-state index contributed by atoms with van der Waals surface area (Å²) in [6.45, 7) is 8.96. The minimum absolute atomic E-state index is 0.166. The highest BCUT2D eigenvalue weighted by Gasteiger charge is 2.46. The van der Waals surface area contributed by atoms with Crippen molar-refractivity contribution in [2.75, 3.05) is 27.3 Å². The summed E-state index contributed by atoms with van der Waals surface area (Å²) < 4.78 is 10.2. The molecule has 1 aliphatic rings. The molecule has 8 heteroatoms. The van der Waals surface area contributed by atoms with Gasteiger partial charge in [-0.1, -0.05) is 13.8 Å². The molecule has 0 unspecified atom stereocenters. The first-order valence-corrected chi connectivity index (χ1v) is 8.89. The summed E-state index contributed by atoms with van der Waals surface area (Å²) in [6.07, 6.45) is -0.107. The van der Waals surface area contributed by atoms with Crippen LogP contribution in [0.25, 0.3) is 0 Å². The van der Waals surface area contributed by atoms with Gasteiger partial charge in [-0.3, -0.25) is 9.69 Å². The Bertz CT molecular complexity index is 528. The molecule has 1 fully saturated rings. The number of ether oxygens (including phenoxy) is 2. The van der Waals surface area contributed by atoms with E-state index in [0.29, 0.717) is 13.0 Å². The predicted octanol–water partition coefficient (Wildman–Crippen LogP) is 1.26. The van der Waals surface area contributed by atoms with Gasteiger partial charge in [0.15, 0.2) is 0 Å². The minimum atomic E-state index is -0.870. The molecule has 150 valence electrons. The lowest BCUT2D eigenvalue weighted by Crippen LogP contribution is -2.55. The standard InChI is InChI=1S/C18H32N2O6/c1-11(2)13(16(23)25-7)19(6)15(22)14-12(10-21)8-9-20(14)17(24)26-18(3,4)5/h11-14,21H,8-10H2,1-7H3/t12-,13+,14+/m1/s1. The maximum absolute atomic E-state index is 13.1. The molecule has 0 bridgehead atoms. The Morgan fingerprint density at radius 1 is 1.27 bits per heavy atom. The first kappa shape index (κ1) is 22.2. The van der Waals surface area contributed by atoms with E-state index in [1.165, 1.54) is 24.0 Å². The van der Waals surface area contributed by atoms with Crippen LogP contribution in [0.1, 0.15) is 41.0 Å². The first-order valence-electron chi connectivity index (χ1n) is 8.89. The molecular weight excluding hydrogens is 340 g/mol. The Kier molecular flexibility index (Phi) is 7.44. The van der Waals surface area contributed by atoms with Gasteiger partial charge in [0, 0.05) is 26.1 Å². The number of rotatable bonds is 5. The first-order chi connectivity index (χ1) is 11.9. The molecule has 0 aliphatic carbocycles. The summed E-state index contributed by atoms with van der Waals surface area (Å²) in [7, 11) is 2.79. The van der Waals surface area contributed by atoms with Crippen molar-refractivity contribution in [2.45, 2.75) is 58.7 Å². The van der Waals surface area contributed by atoms with Gasteiger partial charge in [-0.05, 0) is 33.1 Å². The Balaban J connectivity index is 3.09. The number of hydrogen-bond acceptors (Lipinski definition) is 6. The minimum Gasteiger partial charge on any atom is -0.467 e. The van der Waals surface area contributed by atoms with Crippen molar-refractivity contribution >= 4 is 18.0 Å². The number of hydrogen-bond donors (Lipinski definition) is 1. The Morgan fingerprint density at radius 3 is 2.27 bits per heavy atom. The fourth-order valence-corrected chi connectivity index (χ4v) is 3.25. The third kappa shape index (κ3) is 5.09. The zero-order valence-electron chi connectivity index (χ0n) is 16.8. The summed E-state index contributed by atoms with van der Waals surface area (Å²) in [5.74, 6) is -1.49. The second-order valence-electron chi connectivity index (χ2n) is 8.01. The Hall–Kier alpha value is -1.83. The Morgan fingerprint density at radius 2 is 1.85 bits per heavy atom. The second kappa shape index (κ2) is 8.70. The van der Waals surface area contributed by atoms with Crippen LogP contribution in [-0.4, -0.2) is 77.9 Å². The topological polar surface area (TPSA) is 96.4 Å². The molecule has 0 spiro atoms. The van der Waals surface area contributed by atoms with Crippen LogP contribution < -0.4 is 0 Å². The van der Waals surface area contributed by atoms with Gasteiger partial charge in [0.1, 0.15) is 17.7 Å². The SMILES string of the molecule is COC(=O)[C@H](C(C)C)N(C)C(=O)[C@@H]1[C@@H](CO)CCN1C(=O)OC(C)(C)C. The third-order valence-electron chi connectivity index (χ3n) is 4.48. The molecule has 0 saturated carbocycles. The lowest BCUT2D eigenvalue weighted by molar-refractivity contribution is -0.155. The summed E-state index contributed by atoms with van der Waals surface area (Å²) in [4.78, 5) is 40.4. The zero-order valence-corrected chi connectivity index (χ0v) is 16.8. The van der Waals surface area contributed by atoms with Gasteiger partial charge in [-0.15, -0.1) is 0 Å². The van der Waals surface area contributed by atoms with E-state index in [2.05, 4.69) is 0 Å². The van der Waals surface area contributed by atoms with Gasteiger partial charge >= 0.3 is 12.1 Å². The van der Waals surface area contributed by atoms with Crippen LogP contribution in [0.2, 0.25) is 0 Å². The van der Waals surface area contributed by atoms with Gasteiger partial charge in [-0.25, -0.2) is 9.59 Å². The number of esters is 1. The van der Waals surface area contributed by atoms with Gasteiger partial charge in [-0.2, -0.15) is 0 Å². The zero-order chi connectivity index (χ0) is 20.2. The Labute approximate surface area is 155 Å². The van der Waals surface area contributed by atoms with Crippen molar-refractivity contribution in [2.24, 2.45) is 11.8 Å². The number of aliphatic hydroxyl groups is 1. The number of aliphatic hydroxyl groups excluding tert-OH is 1. The molecule has 1 rings (SSSR count). The molecule has 3 atom stereocenters. The summed E-state index contributed by atoms with van der Waals surface area (Å²) >= 11 is 0. The van der Waals surface area contributed by atoms with Crippen molar-refractivity contribution in [3.63, 3.8) is 0 Å². The van der Waals surface area contributed by atoms with Crippen molar-refractivity contribution in [3.05, 3.63) is 0 Å². The van der Waals surface area contributed by atoms with E-state index in [1.54, 1.807) is 20.8 Å². The highest BCUT2D eigenvalue weighted by atomic mass is 16.6. The smallest absolute Gasteiger partial charge is 0.410 e.